The fourth-order valence-electron chi connectivity index (χ4n) is 4.85. The minimum absolute atomic E-state index is 0.00774. The van der Waals surface area contributed by atoms with E-state index >= 15 is 8.78 Å². The number of rotatable bonds is 15. The number of esters is 1. The van der Waals surface area contributed by atoms with Gasteiger partial charge in [0.15, 0.2) is 0 Å². The first-order valence-electron chi connectivity index (χ1n) is 14.2. The molecule has 0 saturated carbocycles. The number of carbonyl (C=O) groups is 2. The van der Waals surface area contributed by atoms with Gasteiger partial charge in [0.05, 0.1) is 12.6 Å². The van der Waals surface area contributed by atoms with Gasteiger partial charge in [-0.1, -0.05) is 48.9 Å². The Bertz CT molecular complexity index is 1500. The smallest absolute Gasteiger partial charge is 0.461 e. The summed E-state index contributed by atoms with van der Waals surface area (Å²) >= 11 is 0. The lowest BCUT2D eigenvalue weighted by Gasteiger charge is -2.37. The molecule has 256 valence electrons. The SMILES string of the molecule is COC(=O)CCCCCc1cc(C(Cc2ccccc2)(NC(=O)NCC(F)(F)F)c2cc(F)cc(OC(F)(F)C(F)F)c2)ccc1F. The quantitative estimate of drug-likeness (QED) is 0.0977. The van der Waals surface area contributed by atoms with Crippen molar-refractivity contribution in [2.45, 2.75) is 62.8 Å². The lowest BCUT2D eigenvalue weighted by atomic mass is 9.77. The van der Waals surface area contributed by atoms with Crippen LogP contribution in [0.4, 0.5) is 44.3 Å². The summed E-state index contributed by atoms with van der Waals surface area (Å²) in [6.07, 6.45) is -13.0. The van der Waals surface area contributed by atoms with E-state index in [0.717, 1.165) is 18.2 Å². The highest BCUT2D eigenvalue weighted by Crippen LogP contribution is 2.38. The number of benzene rings is 3. The maximum absolute atomic E-state index is 15.1. The molecule has 15 heteroatoms. The number of hydrogen-bond donors (Lipinski definition) is 2. The van der Waals surface area contributed by atoms with Crippen molar-refractivity contribution in [3.8, 4) is 5.75 Å². The van der Waals surface area contributed by atoms with Gasteiger partial charge in [-0.15, -0.1) is 0 Å². The lowest BCUT2D eigenvalue weighted by Crippen LogP contribution is -2.53. The van der Waals surface area contributed by atoms with Gasteiger partial charge in [-0.3, -0.25) is 4.79 Å². The second kappa shape index (κ2) is 15.9. The van der Waals surface area contributed by atoms with Gasteiger partial charge in [0.2, 0.25) is 0 Å². The minimum Gasteiger partial charge on any atom is -0.469 e. The normalized spacial score (nSPS) is 13.2. The van der Waals surface area contributed by atoms with E-state index in [1.807, 2.05) is 0 Å². The maximum atomic E-state index is 15.1. The molecule has 1 unspecified atom stereocenters. The Labute approximate surface area is 264 Å². The van der Waals surface area contributed by atoms with E-state index in [1.54, 1.807) is 35.6 Å². The number of halogens is 9. The van der Waals surface area contributed by atoms with Crippen molar-refractivity contribution in [3.63, 3.8) is 0 Å². The third kappa shape index (κ3) is 10.8. The Morgan fingerprint density at radius 3 is 2.19 bits per heavy atom. The summed E-state index contributed by atoms with van der Waals surface area (Å²) in [5.74, 6) is -3.47. The zero-order chi connectivity index (χ0) is 34.8. The first kappa shape index (κ1) is 37.0. The third-order valence-corrected chi connectivity index (χ3v) is 7.05. The molecule has 3 rings (SSSR count). The molecule has 0 aliphatic rings. The molecule has 0 aromatic heterocycles. The Kier molecular flexibility index (Phi) is 12.5. The maximum Gasteiger partial charge on any atom is 0.461 e. The van der Waals surface area contributed by atoms with Gasteiger partial charge in [0.25, 0.3) is 0 Å². The summed E-state index contributed by atoms with van der Waals surface area (Å²) in [6.45, 7) is -1.78. The van der Waals surface area contributed by atoms with E-state index < -0.39 is 60.2 Å². The second-order valence-electron chi connectivity index (χ2n) is 10.6. The number of alkyl halides is 7. The molecular weight excluding hydrogens is 647 g/mol. The minimum atomic E-state index is -5.05. The van der Waals surface area contributed by atoms with E-state index in [-0.39, 0.29) is 36.0 Å². The van der Waals surface area contributed by atoms with Gasteiger partial charge in [-0.05, 0) is 59.7 Å². The largest absolute Gasteiger partial charge is 0.469 e. The van der Waals surface area contributed by atoms with Crippen molar-refractivity contribution in [2.75, 3.05) is 13.7 Å². The summed E-state index contributed by atoms with van der Waals surface area (Å²) in [7, 11) is 1.24. The Hall–Kier alpha value is -4.43. The first-order chi connectivity index (χ1) is 22.0. The lowest BCUT2D eigenvalue weighted by molar-refractivity contribution is -0.253. The van der Waals surface area contributed by atoms with Gasteiger partial charge in [0.1, 0.15) is 23.9 Å². The monoisotopic (exact) mass is 678 g/mol. The van der Waals surface area contributed by atoms with Gasteiger partial charge in [-0.2, -0.15) is 30.7 Å². The molecule has 1 atom stereocenters. The van der Waals surface area contributed by atoms with Crippen LogP contribution in [-0.4, -0.2) is 44.4 Å². The number of urea groups is 1. The van der Waals surface area contributed by atoms with E-state index in [9.17, 15) is 40.3 Å². The highest BCUT2D eigenvalue weighted by atomic mass is 19.4. The van der Waals surface area contributed by atoms with E-state index in [0.29, 0.717) is 30.9 Å². The Morgan fingerprint density at radius 2 is 1.55 bits per heavy atom. The average molecular weight is 679 g/mol. The van der Waals surface area contributed by atoms with Crippen molar-refractivity contribution >= 4 is 12.0 Å². The summed E-state index contributed by atoms with van der Waals surface area (Å²) in [6, 6.07) is 11.8. The average Bonchev–Trinajstić information content (AvgIpc) is 2.99. The molecule has 2 amide bonds. The van der Waals surface area contributed by atoms with Gasteiger partial charge < -0.3 is 20.1 Å². The van der Waals surface area contributed by atoms with Crippen LogP contribution in [0.25, 0.3) is 0 Å². The highest BCUT2D eigenvalue weighted by Gasteiger charge is 2.45. The Balaban J connectivity index is 2.18. The molecule has 0 radical (unpaired) electrons. The van der Waals surface area contributed by atoms with Gasteiger partial charge in [0, 0.05) is 18.9 Å². The van der Waals surface area contributed by atoms with Crippen LogP contribution in [0, 0.1) is 11.6 Å². The number of hydrogen-bond acceptors (Lipinski definition) is 4. The zero-order valence-electron chi connectivity index (χ0n) is 24.9. The number of unbranched alkanes of at least 4 members (excludes halogenated alkanes) is 2. The second-order valence-corrected chi connectivity index (χ2v) is 10.6. The summed E-state index contributed by atoms with van der Waals surface area (Å²) in [5.41, 5.74) is -2.02. The van der Waals surface area contributed by atoms with Crippen LogP contribution in [0.15, 0.2) is 66.7 Å². The van der Waals surface area contributed by atoms with Crippen LogP contribution >= 0.6 is 0 Å². The zero-order valence-corrected chi connectivity index (χ0v) is 24.9. The molecular formula is C32H31F9N2O4. The van der Waals surface area contributed by atoms with Crippen molar-refractivity contribution in [1.82, 2.24) is 10.6 Å². The summed E-state index contributed by atoms with van der Waals surface area (Å²) in [5, 5.41) is 4.03. The van der Waals surface area contributed by atoms with Crippen LogP contribution in [0.1, 0.15) is 47.9 Å². The van der Waals surface area contributed by atoms with Crippen molar-refractivity contribution in [3.05, 3.63) is 101 Å². The molecule has 0 bridgehead atoms. The molecule has 0 aliphatic carbocycles. The molecule has 2 N–H and O–H groups in total. The summed E-state index contributed by atoms with van der Waals surface area (Å²) in [4.78, 5) is 24.4. The van der Waals surface area contributed by atoms with Crippen LogP contribution in [0.2, 0.25) is 0 Å². The fraction of sp³-hybridized carbons (Fsp3) is 0.375. The molecule has 3 aromatic rings. The fourth-order valence-corrected chi connectivity index (χ4v) is 4.85. The van der Waals surface area contributed by atoms with Gasteiger partial charge in [-0.25, -0.2) is 13.6 Å². The van der Waals surface area contributed by atoms with Crippen molar-refractivity contribution in [2.24, 2.45) is 0 Å². The van der Waals surface area contributed by atoms with Crippen molar-refractivity contribution < 1.29 is 58.6 Å². The number of carbonyl (C=O) groups excluding carboxylic acids is 2. The molecule has 0 fully saturated rings. The van der Waals surface area contributed by atoms with E-state index in [2.05, 4.69) is 14.8 Å². The topological polar surface area (TPSA) is 76.7 Å². The first-order valence-corrected chi connectivity index (χ1v) is 14.2. The van der Waals surface area contributed by atoms with Crippen LogP contribution in [0.3, 0.4) is 0 Å². The standard InChI is InChI=1S/C32H31F9N2O4/c1-46-27(44)11-7-3-6-10-21-14-22(12-13-26(21)34)30(18-20-8-4-2-5-9-20,43-29(45)42-19-31(37,38)39)23-15-24(33)17-25(16-23)47-32(40,41)28(35)36/h2,4-5,8-9,12-17,28H,3,6-7,10-11,18-19H2,1H3,(H2,42,43,45). The molecule has 6 nitrogen and oxygen atoms in total. The predicted molar refractivity (Wildman–Crippen MR) is 152 cm³/mol. The van der Waals surface area contributed by atoms with Gasteiger partial charge >= 0.3 is 30.7 Å². The number of amides is 2. The highest BCUT2D eigenvalue weighted by molar-refractivity contribution is 5.76. The third-order valence-electron chi connectivity index (χ3n) is 7.05. The van der Waals surface area contributed by atoms with Crippen LogP contribution in [0.5, 0.6) is 5.75 Å². The number of aryl methyl sites for hydroxylation is 1. The van der Waals surface area contributed by atoms with E-state index in [1.165, 1.54) is 19.2 Å². The molecule has 3 aromatic carbocycles. The molecule has 0 saturated heterocycles. The molecule has 0 aliphatic heterocycles. The Morgan fingerprint density at radius 1 is 0.851 bits per heavy atom. The van der Waals surface area contributed by atoms with Crippen molar-refractivity contribution in [1.29, 1.82) is 0 Å². The van der Waals surface area contributed by atoms with E-state index in [4.69, 9.17) is 0 Å². The number of methoxy groups -OCH3 is 1. The summed E-state index contributed by atoms with van der Waals surface area (Å²) < 4.78 is 131. The van der Waals surface area contributed by atoms with Crippen LogP contribution in [-0.2, 0) is 27.9 Å². The molecule has 0 spiro atoms. The molecule has 47 heavy (non-hydrogen) atoms. The molecule has 0 heterocycles. The number of ether oxygens (including phenoxy) is 2. The number of nitrogens with one attached hydrogen (secondary N) is 2. The predicted octanol–water partition coefficient (Wildman–Crippen LogP) is 7.83. The van der Waals surface area contributed by atoms with Crippen LogP contribution < -0.4 is 15.4 Å².